The van der Waals surface area contributed by atoms with Crippen LogP contribution in [0.1, 0.15) is 34.1 Å². The van der Waals surface area contributed by atoms with E-state index in [-0.39, 0.29) is 53.2 Å². The van der Waals surface area contributed by atoms with Gasteiger partial charge in [0.25, 0.3) is 5.91 Å². The van der Waals surface area contributed by atoms with Gasteiger partial charge < -0.3 is 25.3 Å². The number of amides is 2. The van der Waals surface area contributed by atoms with Crippen molar-refractivity contribution in [1.29, 1.82) is 0 Å². The highest BCUT2D eigenvalue weighted by molar-refractivity contribution is 6.00. The molecule has 194 valence electrons. The third kappa shape index (κ3) is 4.29. The summed E-state index contributed by atoms with van der Waals surface area (Å²) in [5.41, 5.74) is 3.71. The van der Waals surface area contributed by atoms with Gasteiger partial charge in [-0.2, -0.15) is 5.10 Å². The lowest BCUT2D eigenvalue weighted by Crippen LogP contribution is -2.37. The van der Waals surface area contributed by atoms with E-state index >= 15 is 0 Å². The lowest BCUT2D eigenvalue weighted by atomic mass is 10.1. The summed E-state index contributed by atoms with van der Waals surface area (Å²) in [6.45, 7) is 4.02. The van der Waals surface area contributed by atoms with Gasteiger partial charge in [0.15, 0.2) is 23.1 Å². The van der Waals surface area contributed by atoms with E-state index in [0.717, 1.165) is 10.9 Å². The Balaban J connectivity index is 1.81. The number of nitrogens with zero attached hydrogens (tertiary/aromatic N) is 5. The largest absolute Gasteiger partial charge is 0.383 e. The second-order valence-corrected chi connectivity index (χ2v) is 8.44. The fourth-order valence-electron chi connectivity index (χ4n) is 4.58. The van der Waals surface area contributed by atoms with Crippen LogP contribution in [0.5, 0.6) is 0 Å². The summed E-state index contributed by atoms with van der Waals surface area (Å²) >= 11 is 0. The van der Waals surface area contributed by atoms with Crippen molar-refractivity contribution in [2.75, 3.05) is 32.6 Å². The number of rotatable bonds is 6. The SMILES string of the molecule is C=CC(=O)N1C[C@@H](n2nc(C#Cc3c(F)c(F)c4c(ncn4C)c3F)c(C(N)=O)c2NC)C[C@@H]1COC. The molecule has 2 atom stereocenters. The summed E-state index contributed by atoms with van der Waals surface area (Å²) < 4.78 is 52.1. The van der Waals surface area contributed by atoms with E-state index in [1.54, 1.807) is 4.90 Å². The maximum Gasteiger partial charge on any atom is 0.255 e. The van der Waals surface area contributed by atoms with Crippen molar-refractivity contribution in [3.05, 3.63) is 53.3 Å². The molecule has 3 aromatic rings. The highest BCUT2D eigenvalue weighted by Gasteiger charge is 2.38. The predicted molar refractivity (Wildman–Crippen MR) is 128 cm³/mol. The lowest BCUT2D eigenvalue weighted by molar-refractivity contribution is -0.127. The summed E-state index contributed by atoms with van der Waals surface area (Å²) in [6, 6.07) is -0.687. The molecule has 1 aliphatic heterocycles. The van der Waals surface area contributed by atoms with Crippen molar-refractivity contribution in [1.82, 2.24) is 24.2 Å². The quantitative estimate of drug-likeness (QED) is 0.293. The molecule has 10 nitrogen and oxygen atoms in total. The van der Waals surface area contributed by atoms with Crippen molar-refractivity contribution < 1.29 is 27.5 Å². The molecule has 13 heteroatoms. The maximum atomic E-state index is 15.0. The Morgan fingerprint density at radius 2 is 2.03 bits per heavy atom. The van der Waals surface area contributed by atoms with Gasteiger partial charge in [0.05, 0.1) is 25.0 Å². The van der Waals surface area contributed by atoms with E-state index in [0.29, 0.717) is 6.42 Å². The Bertz CT molecular complexity index is 1480. The van der Waals surface area contributed by atoms with Gasteiger partial charge in [0, 0.05) is 27.7 Å². The van der Waals surface area contributed by atoms with Crippen LogP contribution in [0, 0.1) is 29.3 Å². The molecule has 3 N–H and O–H groups in total. The Kier molecular flexibility index (Phi) is 6.95. The van der Waals surface area contributed by atoms with Crippen LogP contribution in [0.15, 0.2) is 19.0 Å². The predicted octanol–water partition coefficient (Wildman–Crippen LogP) is 1.70. The first-order valence-corrected chi connectivity index (χ1v) is 11.2. The molecule has 1 aromatic carbocycles. The number of nitrogens with one attached hydrogen (secondary N) is 1. The molecule has 2 amide bonds. The summed E-state index contributed by atoms with van der Waals surface area (Å²) in [5, 5.41) is 7.24. The second-order valence-electron chi connectivity index (χ2n) is 8.44. The number of halogens is 3. The smallest absolute Gasteiger partial charge is 0.255 e. The number of primary amides is 1. The lowest BCUT2D eigenvalue weighted by Gasteiger charge is -2.22. The van der Waals surface area contributed by atoms with Crippen LogP contribution < -0.4 is 11.1 Å². The number of benzene rings is 1. The van der Waals surface area contributed by atoms with Gasteiger partial charge in [-0.25, -0.2) is 22.8 Å². The molecule has 1 aliphatic rings. The molecular weight excluding hydrogens is 491 g/mol. The number of methoxy groups -OCH3 is 1. The molecule has 0 radical (unpaired) electrons. The number of fused-ring (bicyclic) bond motifs is 1. The fourth-order valence-corrected chi connectivity index (χ4v) is 4.58. The third-order valence-corrected chi connectivity index (χ3v) is 6.24. The van der Waals surface area contributed by atoms with Gasteiger partial charge in [0.1, 0.15) is 28.0 Å². The van der Waals surface area contributed by atoms with E-state index in [1.165, 1.54) is 32.0 Å². The molecule has 37 heavy (non-hydrogen) atoms. The zero-order chi connectivity index (χ0) is 27.0. The summed E-state index contributed by atoms with van der Waals surface area (Å²) in [4.78, 5) is 30.0. The second kappa shape index (κ2) is 9.98. The number of likely N-dealkylation sites (tertiary alicyclic amines) is 1. The van der Waals surface area contributed by atoms with Gasteiger partial charge >= 0.3 is 0 Å². The minimum Gasteiger partial charge on any atom is -0.383 e. The average Bonchev–Trinajstić information content (AvgIpc) is 3.57. The summed E-state index contributed by atoms with van der Waals surface area (Å²) in [5.74, 6) is -0.203. The Morgan fingerprint density at radius 3 is 2.65 bits per heavy atom. The van der Waals surface area contributed by atoms with Crippen LogP contribution in [0.3, 0.4) is 0 Å². The molecule has 2 aromatic heterocycles. The molecule has 1 fully saturated rings. The molecular formula is C24H24F3N7O3. The zero-order valence-corrected chi connectivity index (χ0v) is 20.3. The minimum atomic E-state index is -1.49. The van der Waals surface area contributed by atoms with Crippen LogP contribution in [-0.2, 0) is 16.6 Å². The number of anilines is 1. The van der Waals surface area contributed by atoms with Gasteiger partial charge in [-0.3, -0.25) is 9.59 Å². The van der Waals surface area contributed by atoms with Crippen molar-refractivity contribution in [3.63, 3.8) is 0 Å². The number of hydrogen-bond donors (Lipinski definition) is 2. The molecule has 0 aliphatic carbocycles. The zero-order valence-electron chi connectivity index (χ0n) is 20.3. The van der Waals surface area contributed by atoms with Crippen molar-refractivity contribution in [3.8, 4) is 11.8 Å². The number of imidazole rings is 1. The highest BCUT2D eigenvalue weighted by Crippen LogP contribution is 2.33. The summed E-state index contributed by atoms with van der Waals surface area (Å²) in [6.07, 6.45) is 2.78. The van der Waals surface area contributed by atoms with Gasteiger partial charge in [-0.05, 0) is 18.4 Å². The van der Waals surface area contributed by atoms with E-state index in [4.69, 9.17) is 10.5 Å². The highest BCUT2D eigenvalue weighted by atomic mass is 19.2. The van der Waals surface area contributed by atoms with Crippen LogP contribution in [0.2, 0.25) is 0 Å². The first-order valence-electron chi connectivity index (χ1n) is 11.2. The monoisotopic (exact) mass is 515 g/mol. The van der Waals surface area contributed by atoms with Gasteiger partial charge in [-0.15, -0.1) is 0 Å². The number of aryl methyl sites for hydroxylation is 1. The number of nitrogens with two attached hydrogens (primary N) is 1. The van der Waals surface area contributed by atoms with Crippen molar-refractivity contribution in [2.45, 2.75) is 18.5 Å². The number of aromatic nitrogens is 4. The fraction of sp³-hybridized carbons (Fsp3) is 0.333. The van der Waals surface area contributed by atoms with E-state index in [1.807, 2.05) is 0 Å². The number of carbonyl (C=O) groups is 2. The Labute approximate surface area is 209 Å². The Morgan fingerprint density at radius 1 is 1.30 bits per heavy atom. The number of hydrogen-bond acceptors (Lipinski definition) is 6. The van der Waals surface area contributed by atoms with Gasteiger partial charge in [0.2, 0.25) is 5.91 Å². The standard InChI is InChI=1S/C24H24F3N7O3/c1-5-16(35)33-9-12(8-13(33)10-37-4)34-24(29-2)17(23(28)36)15(31-34)7-6-14-18(25)20(27)22-21(19(14)26)30-11-32(22)3/h5,11-13,29H,1,8-10H2,2-4H3,(H2,28,36)/t12-,13+/m0/s1. The number of ether oxygens (including phenoxy) is 1. The topological polar surface area (TPSA) is 120 Å². The molecule has 0 unspecified atom stereocenters. The first-order chi connectivity index (χ1) is 17.6. The van der Waals surface area contributed by atoms with Crippen LogP contribution in [0.4, 0.5) is 19.0 Å². The Hall–Kier alpha value is -4.31. The molecule has 3 heterocycles. The molecule has 4 rings (SSSR count). The van der Waals surface area contributed by atoms with Crippen LogP contribution >= 0.6 is 0 Å². The van der Waals surface area contributed by atoms with Crippen LogP contribution in [0.25, 0.3) is 11.0 Å². The first kappa shape index (κ1) is 25.8. The normalized spacial score (nSPS) is 17.1. The average molecular weight is 515 g/mol. The summed E-state index contributed by atoms with van der Waals surface area (Å²) in [7, 11) is 4.45. The van der Waals surface area contributed by atoms with E-state index in [2.05, 4.69) is 33.8 Å². The van der Waals surface area contributed by atoms with Crippen molar-refractivity contribution >= 4 is 28.7 Å². The molecule has 0 spiro atoms. The third-order valence-electron chi connectivity index (χ3n) is 6.24. The minimum absolute atomic E-state index is 0.119. The molecule has 0 saturated carbocycles. The van der Waals surface area contributed by atoms with E-state index < -0.39 is 35.0 Å². The van der Waals surface area contributed by atoms with Crippen molar-refractivity contribution in [2.24, 2.45) is 12.8 Å². The number of carbonyl (C=O) groups excluding carboxylic acids is 2. The molecule has 1 saturated heterocycles. The van der Waals surface area contributed by atoms with E-state index in [9.17, 15) is 22.8 Å². The van der Waals surface area contributed by atoms with Gasteiger partial charge in [-0.1, -0.05) is 12.5 Å². The molecule has 0 bridgehead atoms. The van der Waals surface area contributed by atoms with Crippen LogP contribution in [-0.4, -0.2) is 69.4 Å². The maximum absolute atomic E-state index is 15.0.